The molecule has 0 fully saturated rings. The smallest absolute Gasteiger partial charge is 0.108 e. The largest absolute Gasteiger partial charge is 0.386 e. The summed E-state index contributed by atoms with van der Waals surface area (Å²) >= 11 is 6.04. The van der Waals surface area contributed by atoms with Gasteiger partial charge in [0.1, 0.15) is 5.84 Å². The summed E-state index contributed by atoms with van der Waals surface area (Å²) in [4.78, 5) is 1.99. The molecule has 82 valence electrons. The van der Waals surface area contributed by atoms with E-state index >= 15 is 0 Å². The van der Waals surface area contributed by atoms with Crippen molar-refractivity contribution in [3.63, 3.8) is 0 Å². The van der Waals surface area contributed by atoms with Gasteiger partial charge in [0.2, 0.25) is 0 Å². The molecule has 15 heavy (non-hydrogen) atoms. The van der Waals surface area contributed by atoms with Crippen LogP contribution in [0.15, 0.2) is 24.3 Å². The average Bonchev–Trinajstić information content (AvgIpc) is 2.20. The predicted molar refractivity (Wildman–Crippen MR) is 64.3 cm³/mol. The van der Waals surface area contributed by atoms with E-state index in [4.69, 9.17) is 22.7 Å². The highest BCUT2D eigenvalue weighted by atomic mass is 35.5. The van der Waals surface area contributed by atoms with E-state index in [0.717, 1.165) is 10.6 Å². The number of halogens is 1. The minimum absolute atomic E-state index is 0.0683. The van der Waals surface area contributed by atoms with E-state index in [2.05, 4.69) is 0 Å². The van der Waals surface area contributed by atoms with Gasteiger partial charge < -0.3 is 5.73 Å². The quantitative estimate of drug-likeness (QED) is 0.609. The van der Waals surface area contributed by atoms with Gasteiger partial charge in [0.25, 0.3) is 0 Å². The first kappa shape index (κ1) is 12.0. The van der Waals surface area contributed by atoms with Crippen molar-refractivity contribution in [2.24, 2.45) is 5.73 Å². The monoisotopic (exact) mass is 225 g/mol. The van der Waals surface area contributed by atoms with Gasteiger partial charge in [0.15, 0.2) is 0 Å². The first-order chi connectivity index (χ1) is 7.02. The van der Waals surface area contributed by atoms with Crippen LogP contribution < -0.4 is 5.73 Å². The Morgan fingerprint density at radius 2 is 2.13 bits per heavy atom. The van der Waals surface area contributed by atoms with Crippen LogP contribution in [-0.2, 0) is 6.54 Å². The van der Waals surface area contributed by atoms with Gasteiger partial charge in [-0.3, -0.25) is 10.3 Å². The number of likely N-dealkylation sites (N-methyl/N-ethyl adjacent to an activating group) is 1. The fourth-order valence-electron chi connectivity index (χ4n) is 1.27. The molecule has 0 heterocycles. The molecule has 0 amide bonds. The first-order valence-electron chi connectivity index (χ1n) is 4.80. The van der Waals surface area contributed by atoms with Crippen LogP contribution in [0.5, 0.6) is 0 Å². The Balaban J connectivity index is 2.70. The second kappa shape index (κ2) is 5.14. The molecule has 1 unspecified atom stereocenters. The minimum atomic E-state index is -0.0683. The molecule has 0 aliphatic rings. The van der Waals surface area contributed by atoms with E-state index < -0.39 is 0 Å². The summed E-state index contributed by atoms with van der Waals surface area (Å²) in [5.41, 5.74) is 6.49. The molecule has 1 aromatic carbocycles. The van der Waals surface area contributed by atoms with Crippen LogP contribution >= 0.6 is 11.6 Å². The minimum Gasteiger partial charge on any atom is -0.386 e. The molecule has 0 aliphatic heterocycles. The van der Waals surface area contributed by atoms with Crippen LogP contribution in [0, 0.1) is 5.41 Å². The number of rotatable bonds is 4. The maximum atomic E-state index is 7.35. The maximum Gasteiger partial charge on any atom is 0.108 e. The summed E-state index contributed by atoms with van der Waals surface area (Å²) in [5, 5.41) is 8.10. The number of nitrogens with two attached hydrogens (primary N) is 1. The zero-order chi connectivity index (χ0) is 11.4. The summed E-state index contributed by atoms with van der Waals surface area (Å²) in [5.74, 6) is 0.171. The highest BCUT2D eigenvalue weighted by molar-refractivity contribution is 6.31. The highest BCUT2D eigenvalue weighted by Gasteiger charge is 2.12. The number of benzene rings is 1. The van der Waals surface area contributed by atoms with Gasteiger partial charge in [-0.25, -0.2) is 0 Å². The number of nitrogens with one attached hydrogen (secondary N) is 1. The van der Waals surface area contributed by atoms with Crippen molar-refractivity contribution in [1.82, 2.24) is 4.90 Å². The molecule has 0 saturated heterocycles. The molecular formula is C11H16ClN3. The Morgan fingerprint density at radius 1 is 1.53 bits per heavy atom. The molecule has 1 rings (SSSR count). The van der Waals surface area contributed by atoms with E-state index in [1.807, 2.05) is 43.1 Å². The van der Waals surface area contributed by atoms with Crippen molar-refractivity contribution in [2.75, 3.05) is 7.05 Å². The molecule has 0 spiro atoms. The number of hydrogen-bond donors (Lipinski definition) is 2. The molecule has 3 nitrogen and oxygen atoms in total. The van der Waals surface area contributed by atoms with Crippen molar-refractivity contribution in [1.29, 1.82) is 5.41 Å². The van der Waals surface area contributed by atoms with Crippen LogP contribution in [0.25, 0.3) is 0 Å². The standard InChI is InChI=1S/C11H16ClN3/c1-8(11(13)14)15(2)7-9-5-3-4-6-10(9)12/h3-6,8H,7H2,1-2H3,(H3,13,14). The van der Waals surface area contributed by atoms with Gasteiger partial charge in [-0.2, -0.15) is 0 Å². The van der Waals surface area contributed by atoms with Gasteiger partial charge in [0.05, 0.1) is 6.04 Å². The van der Waals surface area contributed by atoms with Crippen LogP contribution in [0.3, 0.4) is 0 Å². The van der Waals surface area contributed by atoms with Gasteiger partial charge in [-0.15, -0.1) is 0 Å². The second-order valence-electron chi connectivity index (χ2n) is 3.64. The van der Waals surface area contributed by atoms with Gasteiger partial charge >= 0.3 is 0 Å². The van der Waals surface area contributed by atoms with Crippen molar-refractivity contribution < 1.29 is 0 Å². The first-order valence-corrected chi connectivity index (χ1v) is 5.17. The summed E-state index contributed by atoms with van der Waals surface area (Å²) in [7, 11) is 1.93. The molecule has 4 heteroatoms. The van der Waals surface area contributed by atoms with Crippen molar-refractivity contribution >= 4 is 17.4 Å². The van der Waals surface area contributed by atoms with Crippen molar-refractivity contribution in [3.8, 4) is 0 Å². The molecule has 0 aromatic heterocycles. The van der Waals surface area contributed by atoms with Crippen LogP contribution in [0.1, 0.15) is 12.5 Å². The second-order valence-corrected chi connectivity index (χ2v) is 4.05. The third-order valence-electron chi connectivity index (χ3n) is 2.49. The Labute approximate surface area is 95.3 Å². The number of nitrogens with zero attached hydrogens (tertiary/aromatic N) is 1. The number of hydrogen-bond acceptors (Lipinski definition) is 2. The van der Waals surface area contributed by atoms with Crippen LogP contribution in [0.4, 0.5) is 0 Å². The SMILES string of the molecule is CC(C(=N)N)N(C)Cc1ccccc1Cl. The lowest BCUT2D eigenvalue weighted by Crippen LogP contribution is -2.39. The van der Waals surface area contributed by atoms with Gasteiger partial charge in [0, 0.05) is 11.6 Å². The van der Waals surface area contributed by atoms with E-state index in [9.17, 15) is 0 Å². The molecule has 0 saturated carbocycles. The number of amidine groups is 1. The lowest BCUT2D eigenvalue weighted by Gasteiger charge is -2.23. The molecule has 1 aromatic rings. The van der Waals surface area contributed by atoms with Gasteiger partial charge in [-0.1, -0.05) is 29.8 Å². The fourth-order valence-corrected chi connectivity index (χ4v) is 1.47. The highest BCUT2D eigenvalue weighted by Crippen LogP contribution is 2.17. The summed E-state index contributed by atoms with van der Waals surface area (Å²) in [6, 6.07) is 7.63. The summed E-state index contributed by atoms with van der Waals surface area (Å²) in [6.45, 7) is 2.60. The molecule has 0 aliphatic carbocycles. The van der Waals surface area contributed by atoms with Crippen molar-refractivity contribution in [3.05, 3.63) is 34.9 Å². The zero-order valence-corrected chi connectivity index (χ0v) is 9.75. The summed E-state index contributed by atoms with van der Waals surface area (Å²) in [6.07, 6.45) is 0. The third kappa shape index (κ3) is 3.22. The average molecular weight is 226 g/mol. The zero-order valence-electron chi connectivity index (χ0n) is 9.00. The summed E-state index contributed by atoms with van der Waals surface area (Å²) < 4.78 is 0. The Kier molecular flexibility index (Phi) is 4.12. The molecule has 0 radical (unpaired) electrons. The lowest BCUT2D eigenvalue weighted by atomic mass is 10.2. The molecular weight excluding hydrogens is 210 g/mol. The van der Waals surface area contributed by atoms with E-state index in [1.165, 1.54) is 0 Å². The van der Waals surface area contributed by atoms with E-state index in [-0.39, 0.29) is 11.9 Å². The molecule has 3 N–H and O–H groups in total. The lowest BCUT2D eigenvalue weighted by molar-refractivity contribution is 0.301. The van der Waals surface area contributed by atoms with E-state index in [0.29, 0.717) is 6.54 Å². The van der Waals surface area contributed by atoms with Crippen molar-refractivity contribution in [2.45, 2.75) is 19.5 Å². The van der Waals surface area contributed by atoms with Crippen LogP contribution in [-0.4, -0.2) is 23.8 Å². The van der Waals surface area contributed by atoms with Crippen LogP contribution in [0.2, 0.25) is 5.02 Å². The Morgan fingerprint density at radius 3 is 2.67 bits per heavy atom. The third-order valence-corrected chi connectivity index (χ3v) is 2.86. The Bertz CT molecular complexity index is 351. The normalized spacial score (nSPS) is 12.8. The predicted octanol–water partition coefficient (Wildman–Crippen LogP) is 2.10. The Hall–Kier alpha value is -1.06. The topological polar surface area (TPSA) is 53.1 Å². The van der Waals surface area contributed by atoms with Gasteiger partial charge in [-0.05, 0) is 25.6 Å². The van der Waals surface area contributed by atoms with E-state index in [1.54, 1.807) is 0 Å². The maximum absolute atomic E-state index is 7.35. The molecule has 0 bridgehead atoms. The fraction of sp³-hybridized carbons (Fsp3) is 0.364. The molecule has 1 atom stereocenters.